The van der Waals surface area contributed by atoms with Crippen molar-refractivity contribution in [2.75, 3.05) is 6.54 Å². The zero-order chi connectivity index (χ0) is 22.6. The van der Waals surface area contributed by atoms with Crippen molar-refractivity contribution in [3.05, 3.63) is 69.2 Å². The van der Waals surface area contributed by atoms with E-state index in [1.807, 2.05) is 31.2 Å². The lowest BCUT2D eigenvalue weighted by molar-refractivity contribution is -0.139. The molecule has 9 heteroatoms. The maximum atomic E-state index is 12.5. The summed E-state index contributed by atoms with van der Waals surface area (Å²) in [4.78, 5) is 36.6. The van der Waals surface area contributed by atoms with Crippen LogP contribution in [0.15, 0.2) is 42.5 Å². The van der Waals surface area contributed by atoms with Crippen molar-refractivity contribution >= 4 is 41.1 Å². The molecule has 164 valence electrons. The topological polar surface area (TPSA) is 108 Å². The maximum Gasteiger partial charge on any atom is 0.328 e. The second-order valence-electron chi connectivity index (χ2n) is 7.64. The quantitative estimate of drug-likeness (QED) is 0.523. The minimum atomic E-state index is -1.36. The van der Waals surface area contributed by atoms with Gasteiger partial charge in [-0.1, -0.05) is 53.5 Å². The first-order chi connectivity index (χ1) is 14.7. The van der Waals surface area contributed by atoms with Crippen LogP contribution in [-0.4, -0.2) is 35.6 Å². The van der Waals surface area contributed by atoms with Gasteiger partial charge in [0.1, 0.15) is 6.04 Å². The molecule has 0 bridgehead atoms. The molecule has 0 saturated carbocycles. The number of aliphatic carboxylic acids is 1. The SMILES string of the molecule is CC1(NC(=O)NC[C@H](NC(=O)c2c(Cl)cccc2Cl)C(=O)O)CCCc2ccccc21. The van der Waals surface area contributed by atoms with Gasteiger partial charge in [-0.15, -0.1) is 0 Å². The van der Waals surface area contributed by atoms with Gasteiger partial charge in [0.2, 0.25) is 0 Å². The van der Waals surface area contributed by atoms with Gasteiger partial charge in [-0.25, -0.2) is 9.59 Å². The molecule has 0 saturated heterocycles. The molecular weight excluding hydrogens is 441 g/mol. The largest absolute Gasteiger partial charge is 0.480 e. The van der Waals surface area contributed by atoms with E-state index in [1.165, 1.54) is 17.7 Å². The van der Waals surface area contributed by atoms with Gasteiger partial charge in [-0.3, -0.25) is 4.79 Å². The van der Waals surface area contributed by atoms with Gasteiger partial charge in [0.15, 0.2) is 0 Å². The fourth-order valence-corrected chi connectivity index (χ4v) is 4.38. The van der Waals surface area contributed by atoms with E-state index in [2.05, 4.69) is 16.0 Å². The Kier molecular flexibility index (Phi) is 7.08. The lowest BCUT2D eigenvalue weighted by Gasteiger charge is -2.37. The van der Waals surface area contributed by atoms with E-state index >= 15 is 0 Å². The first kappa shape index (κ1) is 22.9. The molecule has 0 radical (unpaired) electrons. The molecule has 3 amide bonds. The number of hydrogen-bond acceptors (Lipinski definition) is 3. The summed E-state index contributed by atoms with van der Waals surface area (Å²) in [7, 11) is 0. The van der Waals surface area contributed by atoms with Crippen molar-refractivity contribution in [2.45, 2.75) is 37.8 Å². The van der Waals surface area contributed by atoms with Crippen molar-refractivity contribution < 1.29 is 19.5 Å². The van der Waals surface area contributed by atoms with Crippen LogP contribution in [0.3, 0.4) is 0 Å². The predicted octanol–water partition coefficient (Wildman–Crippen LogP) is 3.73. The number of amides is 3. The van der Waals surface area contributed by atoms with Gasteiger partial charge < -0.3 is 21.1 Å². The lowest BCUT2D eigenvalue weighted by atomic mass is 9.78. The number of carbonyl (C=O) groups excluding carboxylic acids is 2. The highest BCUT2D eigenvalue weighted by Gasteiger charge is 2.33. The van der Waals surface area contributed by atoms with E-state index in [9.17, 15) is 19.5 Å². The number of rotatable bonds is 6. The number of carboxylic acids is 1. The van der Waals surface area contributed by atoms with Crippen molar-refractivity contribution in [1.29, 1.82) is 0 Å². The number of aryl methyl sites for hydroxylation is 1. The number of halogens is 2. The van der Waals surface area contributed by atoms with E-state index in [-0.39, 0.29) is 22.2 Å². The van der Waals surface area contributed by atoms with Crippen LogP contribution in [0.25, 0.3) is 0 Å². The summed E-state index contributed by atoms with van der Waals surface area (Å²) in [5.74, 6) is -2.04. The Hall–Kier alpha value is -2.77. The van der Waals surface area contributed by atoms with E-state index in [1.54, 1.807) is 6.07 Å². The summed E-state index contributed by atoms with van der Waals surface area (Å²) in [6.45, 7) is 1.63. The molecule has 2 aromatic rings. The minimum Gasteiger partial charge on any atom is -0.480 e. The number of nitrogens with one attached hydrogen (secondary N) is 3. The summed E-state index contributed by atoms with van der Waals surface area (Å²) in [6, 6.07) is 10.6. The monoisotopic (exact) mass is 463 g/mol. The number of fused-ring (bicyclic) bond motifs is 1. The molecule has 31 heavy (non-hydrogen) atoms. The standard InChI is InChI=1S/C22H23Cl2N3O4/c1-22(11-5-7-13-6-2-3-8-14(13)22)27-21(31)25-12-17(20(29)30)26-19(28)18-15(23)9-4-10-16(18)24/h2-4,6,8-10,17H,5,7,11-12H2,1H3,(H,26,28)(H,29,30)(H2,25,27,31)/t17-,22?/m0/s1. The highest BCUT2D eigenvalue weighted by molar-refractivity contribution is 6.39. The van der Waals surface area contributed by atoms with Crippen molar-refractivity contribution in [3.63, 3.8) is 0 Å². The van der Waals surface area contributed by atoms with E-state index in [0.29, 0.717) is 0 Å². The molecule has 1 aliphatic carbocycles. The summed E-state index contributed by atoms with van der Waals surface area (Å²) in [5.41, 5.74) is 1.65. The Morgan fingerprint density at radius 1 is 1.10 bits per heavy atom. The fraction of sp³-hybridized carbons (Fsp3) is 0.318. The Morgan fingerprint density at radius 2 is 1.77 bits per heavy atom. The number of benzene rings is 2. The van der Waals surface area contributed by atoms with Crippen molar-refractivity contribution in [3.8, 4) is 0 Å². The Balaban J connectivity index is 1.64. The van der Waals surface area contributed by atoms with Crippen LogP contribution < -0.4 is 16.0 Å². The molecule has 1 unspecified atom stereocenters. The first-order valence-electron chi connectivity index (χ1n) is 9.83. The Morgan fingerprint density at radius 3 is 2.45 bits per heavy atom. The number of hydrogen-bond donors (Lipinski definition) is 4. The van der Waals surface area contributed by atoms with Gasteiger partial charge >= 0.3 is 12.0 Å². The highest BCUT2D eigenvalue weighted by Crippen LogP contribution is 2.34. The Labute approximate surface area is 190 Å². The van der Waals surface area contributed by atoms with E-state index in [4.69, 9.17) is 23.2 Å². The van der Waals surface area contributed by atoms with Crippen molar-refractivity contribution in [1.82, 2.24) is 16.0 Å². The van der Waals surface area contributed by atoms with Crippen LogP contribution in [0, 0.1) is 0 Å². The van der Waals surface area contributed by atoms with Crippen LogP contribution in [0.4, 0.5) is 4.79 Å². The zero-order valence-corrected chi connectivity index (χ0v) is 18.4. The minimum absolute atomic E-state index is 0.0205. The zero-order valence-electron chi connectivity index (χ0n) is 16.9. The van der Waals surface area contributed by atoms with E-state index < -0.39 is 29.5 Å². The number of carboxylic acid groups (broad SMARTS) is 1. The Bertz CT molecular complexity index is 994. The molecule has 3 rings (SSSR count). The van der Waals surface area contributed by atoms with Gasteiger partial charge in [-0.2, -0.15) is 0 Å². The van der Waals surface area contributed by atoms with Gasteiger partial charge in [0.05, 0.1) is 27.7 Å². The summed E-state index contributed by atoms with van der Waals surface area (Å²) in [5, 5.41) is 17.5. The third-order valence-electron chi connectivity index (χ3n) is 5.38. The third kappa shape index (κ3) is 5.29. The molecule has 2 aromatic carbocycles. The van der Waals surface area contributed by atoms with Gasteiger partial charge in [0, 0.05) is 0 Å². The van der Waals surface area contributed by atoms with Crippen molar-refractivity contribution in [2.24, 2.45) is 0 Å². The average molecular weight is 464 g/mol. The second kappa shape index (κ2) is 9.58. The second-order valence-corrected chi connectivity index (χ2v) is 8.45. The maximum absolute atomic E-state index is 12.5. The van der Waals surface area contributed by atoms with Crippen LogP contribution in [-0.2, 0) is 16.8 Å². The molecule has 4 N–H and O–H groups in total. The molecule has 0 aromatic heterocycles. The van der Waals surface area contributed by atoms with E-state index in [0.717, 1.165) is 24.8 Å². The van der Waals surface area contributed by atoms with Gasteiger partial charge in [0.25, 0.3) is 5.91 Å². The predicted molar refractivity (Wildman–Crippen MR) is 119 cm³/mol. The molecular formula is C22H23Cl2N3O4. The van der Waals surface area contributed by atoms with Crippen LogP contribution >= 0.6 is 23.2 Å². The first-order valence-corrected chi connectivity index (χ1v) is 10.6. The molecule has 0 spiro atoms. The molecule has 2 atom stereocenters. The molecule has 0 heterocycles. The highest BCUT2D eigenvalue weighted by atomic mass is 35.5. The summed E-state index contributed by atoms with van der Waals surface area (Å²) < 4.78 is 0. The average Bonchev–Trinajstić information content (AvgIpc) is 2.71. The van der Waals surface area contributed by atoms with Crippen LogP contribution in [0.2, 0.25) is 10.0 Å². The molecule has 1 aliphatic rings. The number of carbonyl (C=O) groups is 3. The fourth-order valence-electron chi connectivity index (χ4n) is 3.81. The smallest absolute Gasteiger partial charge is 0.328 e. The molecule has 7 nitrogen and oxygen atoms in total. The van der Waals surface area contributed by atoms with Crippen LogP contribution in [0.5, 0.6) is 0 Å². The lowest BCUT2D eigenvalue weighted by Crippen LogP contribution is -2.54. The molecule has 0 aliphatic heterocycles. The number of urea groups is 1. The van der Waals surface area contributed by atoms with Crippen LogP contribution in [0.1, 0.15) is 41.3 Å². The molecule has 0 fully saturated rings. The summed E-state index contributed by atoms with van der Waals surface area (Å²) in [6.07, 6.45) is 2.65. The van der Waals surface area contributed by atoms with Gasteiger partial charge in [-0.05, 0) is 49.4 Å². The summed E-state index contributed by atoms with van der Waals surface area (Å²) >= 11 is 12.0. The normalized spacial score (nSPS) is 18.4. The third-order valence-corrected chi connectivity index (χ3v) is 6.01.